The van der Waals surface area contributed by atoms with Crippen molar-refractivity contribution < 1.29 is 48.3 Å². The molecular formula is C30H38ClF2N3O9. The van der Waals surface area contributed by atoms with E-state index in [9.17, 15) is 43.3 Å². The van der Waals surface area contributed by atoms with E-state index in [1.807, 2.05) is 19.9 Å². The molecule has 3 saturated carbocycles. The zero-order valence-electron chi connectivity index (χ0n) is 24.8. The van der Waals surface area contributed by atoms with E-state index in [0.29, 0.717) is 17.4 Å². The van der Waals surface area contributed by atoms with Crippen LogP contribution in [0.2, 0.25) is 0 Å². The van der Waals surface area contributed by atoms with Crippen molar-refractivity contribution >= 4 is 35.6 Å². The van der Waals surface area contributed by atoms with Gasteiger partial charge < -0.3 is 30.9 Å². The fraction of sp³-hybridized carbons (Fsp3) is 0.633. The lowest BCUT2D eigenvalue weighted by molar-refractivity contribution is -0.168. The van der Waals surface area contributed by atoms with Crippen molar-refractivity contribution in [3.63, 3.8) is 0 Å². The van der Waals surface area contributed by atoms with E-state index in [0.717, 1.165) is 30.7 Å². The molecule has 248 valence electrons. The lowest BCUT2D eigenvalue weighted by Gasteiger charge is -2.56. The minimum atomic E-state index is -3.71. The Kier molecular flexibility index (Phi) is 9.37. The molecule has 0 amide bonds. The first-order chi connectivity index (χ1) is 20.5. The molecule has 0 radical (unpaired) electrons. The van der Waals surface area contributed by atoms with Crippen LogP contribution in [-0.4, -0.2) is 84.3 Å². The summed E-state index contributed by atoms with van der Waals surface area (Å²) in [5.41, 5.74) is 2.35. The number of nitrogens with two attached hydrogens (primary N) is 1. The number of nitrogens with zero attached hydrogens (tertiary/aromatic N) is 2. The second-order valence-electron chi connectivity index (χ2n) is 12.9. The number of alkyl halides is 2. The maximum Gasteiger partial charge on any atom is 0.351 e. The number of aromatic nitrogens is 2. The first-order valence-electron chi connectivity index (χ1n) is 14.6. The third-order valence-corrected chi connectivity index (χ3v) is 10.7. The Hall–Kier alpha value is -2.88. The van der Waals surface area contributed by atoms with Gasteiger partial charge in [-0.1, -0.05) is 25.5 Å². The minimum absolute atomic E-state index is 0. The highest BCUT2D eigenvalue weighted by Gasteiger charge is 2.68. The number of ether oxygens (including phenoxy) is 1. The highest BCUT2D eigenvalue weighted by atomic mass is 35.5. The number of anilines is 1. The highest BCUT2D eigenvalue weighted by Crippen LogP contribution is 2.66. The van der Waals surface area contributed by atoms with Crippen LogP contribution in [0.3, 0.4) is 0 Å². The second kappa shape index (κ2) is 12.0. The molecule has 4 aliphatic carbocycles. The van der Waals surface area contributed by atoms with E-state index < -0.39 is 65.5 Å². The van der Waals surface area contributed by atoms with Crippen molar-refractivity contribution in [2.45, 2.75) is 75.9 Å². The predicted molar refractivity (Wildman–Crippen MR) is 156 cm³/mol. The summed E-state index contributed by atoms with van der Waals surface area (Å²) >= 11 is 0. The second-order valence-corrected chi connectivity index (χ2v) is 12.9. The smallest absolute Gasteiger partial charge is 0.351 e. The Morgan fingerprint density at radius 3 is 2.49 bits per heavy atom. The van der Waals surface area contributed by atoms with E-state index in [2.05, 4.69) is 4.98 Å². The summed E-state index contributed by atoms with van der Waals surface area (Å²) in [6, 6.07) is 1.15. The number of hydrogen-bond donors (Lipinski definition) is 5. The molecule has 0 spiro atoms. The normalized spacial score (nSPS) is 39.4. The van der Waals surface area contributed by atoms with Gasteiger partial charge in [-0.3, -0.25) is 19.0 Å². The SMILES string of the molecule is C[C@]12C=CC(=O)C=C1CC[C@@H]1[C@@H]2C(=O)C[C@@]2(C)[C@H]1CC[C@]2(O)C(=O)CO.Cl.Nc1ccn([C@@H]2O[C@H](CO)[C@@H](O)C2(F)F)c(=O)n1. The maximum absolute atomic E-state index is 13.7. The molecule has 1 saturated heterocycles. The molecule has 1 aliphatic heterocycles. The van der Waals surface area contributed by atoms with Gasteiger partial charge >= 0.3 is 11.6 Å². The van der Waals surface area contributed by atoms with Crippen LogP contribution in [-0.2, 0) is 19.1 Å². The molecule has 4 fully saturated rings. The molecule has 0 aromatic carbocycles. The highest BCUT2D eigenvalue weighted by molar-refractivity contribution is 6.02. The van der Waals surface area contributed by atoms with Crippen molar-refractivity contribution in [1.29, 1.82) is 0 Å². The molecule has 1 aromatic heterocycles. The van der Waals surface area contributed by atoms with E-state index in [-0.39, 0.29) is 54.0 Å². The first kappa shape index (κ1) is 35.0. The third kappa shape index (κ3) is 5.28. The van der Waals surface area contributed by atoms with E-state index in [4.69, 9.17) is 15.6 Å². The number of carbonyl (C=O) groups excluding carboxylic acids is 3. The predicted octanol–water partition coefficient (Wildman–Crippen LogP) is 0.899. The molecule has 15 heteroatoms. The van der Waals surface area contributed by atoms with Gasteiger partial charge in [-0.2, -0.15) is 13.8 Å². The fourth-order valence-corrected chi connectivity index (χ4v) is 8.35. The van der Waals surface area contributed by atoms with Crippen LogP contribution < -0.4 is 11.4 Å². The number of aliphatic hydroxyl groups is 4. The summed E-state index contributed by atoms with van der Waals surface area (Å²) in [6.07, 6.45) is 3.14. The maximum atomic E-state index is 13.7. The van der Waals surface area contributed by atoms with Crippen molar-refractivity contribution in [3.8, 4) is 0 Å². The first-order valence-corrected chi connectivity index (χ1v) is 14.6. The number of halogens is 3. The number of ketones is 3. The molecular weight excluding hydrogens is 620 g/mol. The summed E-state index contributed by atoms with van der Waals surface area (Å²) in [5.74, 6) is -4.42. The minimum Gasteiger partial charge on any atom is -0.394 e. The van der Waals surface area contributed by atoms with E-state index >= 15 is 0 Å². The Bertz CT molecular complexity index is 1500. The Labute approximate surface area is 263 Å². The molecule has 5 aliphatic rings. The monoisotopic (exact) mass is 657 g/mol. The van der Waals surface area contributed by atoms with Crippen molar-refractivity contribution in [2.75, 3.05) is 18.9 Å². The van der Waals surface area contributed by atoms with Crippen molar-refractivity contribution in [2.24, 2.45) is 28.6 Å². The number of allylic oxidation sites excluding steroid dienone is 4. The summed E-state index contributed by atoms with van der Waals surface area (Å²) in [6.45, 7) is 2.40. The molecule has 9 atom stereocenters. The Morgan fingerprint density at radius 1 is 1.20 bits per heavy atom. The molecule has 1 aromatic rings. The van der Waals surface area contributed by atoms with Crippen LogP contribution in [0.5, 0.6) is 0 Å². The number of fused-ring (bicyclic) bond motifs is 5. The fourth-order valence-electron chi connectivity index (χ4n) is 8.35. The number of Topliss-reactive ketones (excluding diaryl/α,β-unsaturated/α-hetero) is 2. The van der Waals surface area contributed by atoms with Crippen LogP contribution in [0, 0.1) is 28.6 Å². The van der Waals surface area contributed by atoms with Crippen LogP contribution >= 0.6 is 12.4 Å². The third-order valence-electron chi connectivity index (χ3n) is 10.7. The summed E-state index contributed by atoms with van der Waals surface area (Å²) < 4.78 is 32.7. The number of nitrogen functional groups attached to an aromatic ring is 1. The molecule has 0 bridgehead atoms. The zero-order valence-corrected chi connectivity index (χ0v) is 25.6. The summed E-state index contributed by atoms with van der Waals surface area (Å²) in [7, 11) is 0. The van der Waals surface area contributed by atoms with Crippen molar-refractivity contribution in [1.82, 2.24) is 9.55 Å². The molecule has 45 heavy (non-hydrogen) atoms. The number of carbonyl (C=O) groups is 3. The Balaban J connectivity index is 0.000000214. The largest absolute Gasteiger partial charge is 0.394 e. The van der Waals surface area contributed by atoms with Gasteiger partial charge in [0, 0.05) is 29.4 Å². The van der Waals surface area contributed by atoms with Gasteiger partial charge in [0.1, 0.15) is 29.9 Å². The van der Waals surface area contributed by atoms with Crippen molar-refractivity contribution in [3.05, 3.63) is 46.5 Å². The van der Waals surface area contributed by atoms with Gasteiger partial charge in [-0.05, 0) is 55.7 Å². The molecule has 2 heterocycles. The summed E-state index contributed by atoms with van der Waals surface area (Å²) in [4.78, 5) is 52.1. The molecule has 0 unspecified atom stereocenters. The average molecular weight is 658 g/mol. The lowest BCUT2D eigenvalue weighted by atomic mass is 9.46. The molecule has 6 N–H and O–H groups in total. The van der Waals surface area contributed by atoms with Crippen LogP contribution in [0.4, 0.5) is 14.6 Å². The van der Waals surface area contributed by atoms with Crippen LogP contribution in [0.25, 0.3) is 0 Å². The quantitative estimate of drug-likeness (QED) is 0.308. The molecule has 12 nitrogen and oxygen atoms in total. The standard InChI is InChI=1S/C21H26O5.C9H11F2N3O4.ClH/c1-19-7-5-13(23)9-12(19)3-4-14-15-6-8-21(26,17(25)11-22)20(15,2)10-16(24)18(14)19;10-9(11)6(16)4(3-15)18-7(9)14-2-1-5(12)13-8(14)17;/h5,7,9,14-15,18,22,26H,3-4,6,8,10-11H2,1-2H3;1-2,4,6-7,15-16H,3H2,(H2,12,13,17);1H/t14-,15-,18+,19-,20-,21-;4-,6-,7-;/m01./s1. The number of aliphatic hydroxyl groups excluding tert-OH is 3. The van der Waals surface area contributed by atoms with Gasteiger partial charge in [-0.15, -0.1) is 12.4 Å². The van der Waals surface area contributed by atoms with Crippen LogP contribution in [0.15, 0.2) is 40.9 Å². The summed E-state index contributed by atoms with van der Waals surface area (Å²) in [5, 5.41) is 38.6. The van der Waals surface area contributed by atoms with Gasteiger partial charge in [0.15, 0.2) is 17.7 Å². The van der Waals surface area contributed by atoms with E-state index in [1.165, 1.54) is 0 Å². The van der Waals surface area contributed by atoms with Gasteiger partial charge in [0.05, 0.1) is 6.61 Å². The number of rotatable bonds is 4. The lowest BCUT2D eigenvalue weighted by Crippen LogP contribution is -2.60. The average Bonchev–Trinajstić information content (AvgIpc) is 3.37. The molecule has 6 rings (SSSR count). The number of hydrogen-bond acceptors (Lipinski definition) is 11. The van der Waals surface area contributed by atoms with Crippen LogP contribution in [0.1, 0.15) is 52.2 Å². The van der Waals surface area contributed by atoms with Gasteiger partial charge in [0.2, 0.25) is 6.23 Å². The Morgan fingerprint density at radius 2 is 1.89 bits per heavy atom. The zero-order chi connectivity index (χ0) is 32.4. The topological polar surface area (TPSA) is 202 Å². The van der Waals surface area contributed by atoms with Gasteiger partial charge in [-0.25, -0.2) is 4.79 Å². The van der Waals surface area contributed by atoms with E-state index in [1.54, 1.807) is 12.2 Å². The van der Waals surface area contributed by atoms with Gasteiger partial charge in [0.25, 0.3) is 0 Å².